The number of hydrogen-bond acceptors (Lipinski definition) is 3. The Hall–Kier alpha value is -0.120. The van der Waals surface area contributed by atoms with E-state index in [1.807, 2.05) is 0 Å². The Bertz CT molecular complexity index is 350. The van der Waals surface area contributed by atoms with E-state index in [0.29, 0.717) is 6.04 Å². The third-order valence-electron chi connectivity index (χ3n) is 5.29. The molecule has 2 saturated heterocycles. The standard InChI is InChI=1S/C18H37N3/c1-15(2)12-14(13-16(3,4)20-15)19-21-17(5,6)10-9-11-18(21,7)8/h14,19-20H,9-13H2,1-8H3. The van der Waals surface area contributed by atoms with Crippen molar-refractivity contribution in [3.8, 4) is 0 Å². The summed E-state index contributed by atoms with van der Waals surface area (Å²) in [7, 11) is 0. The second kappa shape index (κ2) is 5.21. The van der Waals surface area contributed by atoms with Crippen LogP contribution in [0.25, 0.3) is 0 Å². The monoisotopic (exact) mass is 295 g/mol. The van der Waals surface area contributed by atoms with Gasteiger partial charge in [-0.05, 0) is 87.5 Å². The molecule has 0 aromatic heterocycles. The Kier molecular flexibility index (Phi) is 4.28. The summed E-state index contributed by atoms with van der Waals surface area (Å²) in [5, 5.41) is 6.36. The number of rotatable bonds is 2. The van der Waals surface area contributed by atoms with Gasteiger partial charge in [-0.3, -0.25) is 5.43 Å². The summed E-state index contributed by atoms with van der Waals surface area (Å²) in [6.45, 7) is 18.9. The molecule has 0 aliphatic carbocycles. The summed E-state index contributed by atoms with van der Waals surface area (Å²) in [6, 6.07) is 0.549. The van der Waals surface area contributed by atoms with Crippen LogP contribution in [0.3, 0.4) is 0 Å². The van der Waals surface area contributed by atoms with Gasteiger partial charge in [-0.25, -0.2) is 5.01 Å². The summed E-state index contributed by atoms with van der Waals surface area (Å²) < 4.78 is 0. The molecule has 0 radical (unpaired) electrons. The molecular formula is C18H37N3. The van der Waals surface area contributed by atoms with Crippen LogP contribution in [0.4, 0.5) is 0 Å². The molecule has 2 aliphatic heterocycles. The zero-order valence-electron chi connectivity index (χ0n) is 15.6. The van der Waals surface area contributed by atoms with Gasteiger partial charge >= 0.3 is 0 Å². The minimum absolute atomic E-state index is 0.198. The van der Waals surface area contributed by atoms with Crippen molar-refractivity contribution in [3.63, 3.8) is 0 Å². The Morgan fingerprint density at radius 1 is 0.810 bits per heavy atom. The van der Waals surface area contributed by atoms with Crippen LogP contribution < -0.4 is 10.7 Å². The molecule has 2 fully saturated rings. The average Bonchev–Trinajstić information content (AvgIpc) is 2.18. The first kappa shape index (κ1) is 17.2. The fourth-order valence-electron chi connectivity index (χ4n) is 4.94. The average molecular weight is 296 g/mol. The van der Waals surface area contributed by atoms with Crippen LogP contribution in [0.5, 0.6) is 0 Å². The van der Waals surface area contributed by atoms with E-state index in [2.05, 4.69) is 71.1 Å². The number of hydrogen-bond donors (Lipinski definition) is 2. The number of piperidine rings is 2. The molecule has 2 aliphatic rings. The molecule has 0 aromatic rings. The number of hydrazine groups is 1. The summed E-state index contributed by atoms with van der Waals surface area (Å²) >= 11 is 0. The van der Waals surface area contributed by atoms with Crippen LogP contribution in [0.1, 0.15) is 87.5 Å². The van der Waals surface area contributed by atoms with Crippen molar-refractivity contribution < 1.29 is 0 Å². The minimum Gasteiger partial charge on any atom is -0.307 e. The predicted molar refractivity (Wildman–Crippen MR) is 91.3 cm³/mol. The molecule has 3 heteroatoms. The second-order valence-electron chi connectivity index (χ2n) is 9.94. The van der Waals surface area contributed by atoms with E-state index in [-0.39, 0.29) is 22.2 Å². The fraction of sp³-hybridized carbons (Fsp3) is 1.00. The van der Waals surface area contributed by atoms with Crippen LogP contribution in [-0.2, 0) is 0 Å². The van der Waals surface area contributed by atoms with E-state index >= 15 is 0 Å². The largest absolute Gasteiger partial charge is 0.307 e. The number of nitrogens with one attached hydrogen (secondary N) is 2. The summed E-state index contributed by atoms with van der Waals surface area (Å²) in [5.41, 5.74) is 4.81. The Morgan fingerprint density at radius 2 is 1.24 bits per heavy atom. The van der Waals surface area contributed by atoms with E-state index in [9.17, 15) is 0 Å². The third-order valence-corrected chi connectivity index (χ3v) is 5.29. The SMILES string of the molecule is CC1(C)CC(NN2C(C)(C)CCCC2(C)C)CC(C)(C)N1. The second-order valence-corrected chi connectivity index (χ2v) is 9.94. The van der Waals surface area contributed by atoms with Crippen LogP contribution in [0.15, 0.2) is 0 Å². The maximum Gasteiger partial charge on any atom is 0.0304 e. The molecule has 0 bridgehead atoms. The first-order chi connectivity index (χ1) is 9.33. The Morgan fingerprint density at radius 3 is 1.67 bits per heavy atom. The van der Waals surface area contributed by atoms with Gasteiger partial charge in [0, 0.05) is 28.2 Å². The molecule has 0 atom stereocenters. The highest BCUT2D eigenvalue weighted by molar-refractivity contribution is 5.02. The van der Waals surface area contributed by atoms with E-state index in [1.165, 1.54) is 32.1 Å². The lowest BCUT2D eigenvalue weighted by atomic mass is 9.78. The van der Waals surface area contributed by atoms with Gasteiger partial charge in [0.15, 0.2) is 0 Å². The van der Waals surface area contributed by atoms with Crippen LogP contribution in [0, 0.1) is 0 Å². The van der Waals surface area contributed by atoms with Gasteiger partial charge < -0.3 is 5.32 Å². The molecule has 0 unspecified atom stereocenters. The summed E-state index contributed by atoms with van der Waals surface area (Å²) in [4.78, 5) is 0. The maximum atomic E-state index is 3.94. The van der Waals surface area contributed by atoms with Crippen LogP contribution in [-0.4, -0.2) is 33.2 Å². The van der Waals surface area contributed by atoms with Crippen LogP contribution in [0.2, 0.25) is 0 Å². The van der Waals surface area contributed by atoms with Gasteiger partial charge in [-0.1, -0.05) is 0 Å². The van der Waals surface area contributed by atoms with Gasteiger partial charge in [-0.15, -0.1) is 0 Å². The molecule has 0 spiro atoms. The third kappa shape index (κ3) is 4.00. The van der Waals surface area contributed by atoms with Crippen LogP contribution >= 0.6 is 0 Å². The number of nitrogens with zero attached hydrogens (tertiary/aromatic N) is 1. The summed E-state index contributed by atoms with van der Waals surface area (Å²) in [6.07, 6.45) is 6.25. The zero-order valence-corrected chi connectivity index (χ0v) is 15.6. The van der Waals surface area contributed by atoms with E-state index in [0.717, 1.165) is 0 Å². The highest BCUT2D eigenvalue weighted by Gasteiger charge is 2.45. The topological polar surface area (TPSA) is 27.3 Å². The molecule has 0 amide bonds. The fourth-order valence-corrected chi connectivity index (χ4v) is 4.94. The lowest BCUT2D eigenvalue weighted by Gasteiger charge is -2.56. The smallest absolute Gasteiger partial charge is 0.0304 e. The lowest BCUT2D eigenvalue weighted by molar-refractivity contribution is -0.0900. The Labute approximate surface area is 132 Å². The molecule has 2 heterocycles. The molecule has 124 valence electrons. The minimum atomic E-state index is 0.198. The molecule has 2 N–H and O–H groups in total. The van der Waals surface area contributed by atoms with Gasteiger partial charge in [0.2, 0.25) is 0 Å². The van der Waals surface area contributed by atoms with Crippen molar-refractivity contribution in [2.45, 2.75) is 116 Å². The normalized spacial score (nSPS) is 32.0. The van der Waals surface area contributed by atoms with Crippen molar-refractivity contribution in [2.75, 3.05) is 0 Å². The first-order valence-electron chi connectivity index (χ1n) is 8.69. The molecular weight excluding hydrogens is 258 g/mol. The molecule has 2 rings (SSSR count). The van der Waals surface area contributed by atoms with E-state index in [4.69, 9.17) is 0 Å². The Balaban J connectivity index is 2.15. The van der Waals surface area contributed by atoms with Crippen molar-refractivity contribution >= 4 is 0 Å². The van der Waals surface area contributed by atoms with Crippen molar-refractivity contribution in [3.05, 3.63) is 0 Å². The molecule has 0 aromatic carbocycles. The maximum absolute atomic E-state index is 3.94. The highest BCUT2D eigenvalue weighted by atomic mass is 15.6. The van der Waals surface area contributed by atoms with Crippen molar-refractivity contribution in [2.24, 2.45) is 0 Å². The van der Waals surface area contributed by atoms with Crippen molar-refractivity contribution in [1.82, 2.24) is 15.8 Å². The summed E-state index contributed by atoms with van der Waals surface area (Å²) in [5.74, 6) is 0. The molecule has 21 heavy (non-hydrogen) atoms. The quantitative estimate of drug-likeness (QED) is 0.810. The van der Waals surface area contributed by atoms with Crippen molar-refractivity contribution in [1.29, 1.82) is 0 Å². The highest BCUT2D eigenvalue weighted by Crippen LogP contribution is 2.38. The first-order valence-corrected chi connectivity index (χ1v) is 8.69. The van der Waals surface area contributed by atoms with E-state index < -0.39 is 0 Å². The van der Waals surface area contributed by atoms with Gasteiger partial charge in [0.05, 0.1) is 0 Å². The van der Waals surface area contributed by atoms with E-state index in [1.54, 1.807) is 0 Å². The molecule has 0 saturated carbocycles. The lowest BCUT2D eigenvalue weighted by Crippen LogP contribution is -2.70. The molecule has 3 nitrogen and oxygen atoms in total. The van der Waals surface area contributed by atoms with Gasteiger partial charge in [0.1, 0.15) is 0 Å². The van der Waals surface area contributed by atoms with Gasteiger partial charge in [-0.2, -0.15) is 0 Å². The zero-order chi connectivity index (χ0) is 16.1. The van der Waals surface area contributed by atoms with Gasteiger partial charge in [0.25, 0.3) is 0 Å². The predicted octanol–water partition coefficient (Wildman–Crippen LogP) is 3.84.